The first-order valence-electron chi connectivity index (χ1n) is 6.12. The monoisotopic (exact) mass is 265 g/mol. The summed E-state index contributed by atoms with van der Waals surface area (Å²) in [6.45, 7) is 0.541. The number of carbonyl (C=O) groups excluding carboxylic acids is 1. The summed E-state index contributed by atoms with van der Waals surface area (Å²) in [7, 11) is 3.29. The number of aliphatic carboxylic acids is 1. The molecule has 1 N–H and O–H groups in total. The van der Waals surface area contributed by atoms with Crippen molar-refractivity contribution < 1.29 is 19.4 Å². The van der Waals surface area contributed by atoms with Crippen LogP contribution in [0.2, 0.25) is 0 Å². The summed E-state index contributed by atoms with van der Waals surface area (Å²) in [5.74, 6) is -0.308. The molecule has 0 aromatic heterocycles. The second-order valence-corrected chi connectivity index (χ2v) is 4.27. The van der Waals surface area contributed by atoms with Gasteiger partial charge in [0.2, 0.25) is 5.91 Å². The number of para-hydroxylation sites is 1. The van der Waals surface area contributed by atoms with Crippen LogP contribution in [0, 0.1) is 0 Å². The molecule has 0 aliphatic carbocycles. The third-order valence-corrected chi connectivity index (χ3v) is 2.89. The maximum Gasteiger partial charge on any atom is 0.303 e. The van der Waals surface area contributed by atoms with Gasteiger partial charge in [0.25, 0.3) is 0 Å². The molecule has 0 atom stereocenters. The summed E-state index contributed by atoms with van der Waals surface area (Å²) in [5, 5.41) is 8.53. The Morgan fingerprint density at radius 2 is 1.95 bits per heavy atom. The smallest absolute Gasteiger partial charge is 0.303 e. The van der Waals surface area contributed by atoms with Crippen molar-refractivity contribution >= 4 is 11.9 Å². The highest BCUT2D eigenvalue weighted by molar-refractivity contribution is 5.80. The maximum atomic E-state index is 11.7. The number of ether oxygens (including phenoxy) is 1. The highest BCUT2D eigenvalue weighted by Crippen LogP contribution is 2.17. The Balaban J connectivity index is 2.47. The third kappa shape index (κ3) is 4.99. The van der Waals surface area contributed by atoms with E-state index in [-0.39, 0.29) is 18.7 Å². The van der Waals surface area contributed by atoms with E-state index in [1.807, 2.05) is 24.3 Å². The van der Waals surface area contributed by atoms with Crippen molar-refractivity contribution in [3.8, 4) is 5.75 Å². The van der Waals surface area contributed by atoms with Gasteiger partial charge in [0.15, 0.2) is 0 Å². The van der Waals surface area contributed by atoms with Crippen LogP contribution in [0.25, 0.3) is 0 Å². The number of benzene rings is 1. The van der Waals surface area contributed by atoms with Crippen LogP contribution in [-0.4, -0.2) is 42.6 Å². The number of hydrogen-bond acceptors (Lipinski definition) is 3. The zero-order chi connectivity index (χ0) is 14.3. The molecule has 0 saturated carbocycles. The summed E-state index contributed by atoms with van der Waals surface area (Å²) in [6, 6.07) is 7.64. The van der Waals surface area contributed by atoms with Gasteiger partial charge in [-0.1, -0.05) is 18.2 Å². The zero-order valence-corrected chi connectivity index (χ0v) is 11.3. The van der Waals surface area contributed by atoms with Crippen LogP contribution in [0.5, 0.6) is 5.75 Å². The number of methoxy groups -OCH3 is 1. The molecule has 0 fully saturated rings. The van der Waals surface area contributed by atoms with E-state index in [2.05, 4.69) is 0 Å². The largest absolute Gasteiger partial charge is 0.496 e. The number of carboxylic acid groups (broad SMARTS) is 1. The van der Waals surface area contributed by atoms with Crippen molar-refractivity contribution in [3.63, 3.8) is 0 Å². The van der Waals surface area contributed by atoms with Crippen LogP contribution in [0.3, 0.4) is 0 Å². The van der Waals surface area contributed by atoms with E-state index in [4.69, 9.17) is 9.84 Å². The van der Waals surface area contributed by atoms with Gasteiger partial charge < -0.3 is 14.7 Å². The fourth-order valence-corrected chi connectivity index (χ4v) is 1.73. The van der Waals surface area contributed by atoms with Gasteiger partial charge in [-0.25, -0.2) is 0 Å². The van der Waals surface area contributed by atoms with E-state index in [0.29, 0.717) is 13.0 Å². The molecule has 5 heteroatoms. The molecule has 0 radical (unpaired) electrons. The summed E-state index contributed by atoms with van der Waals surface area (Å²) in [4.78, 5) is 23.6. The van der Waals surface area contributed by atoms with Gasteiger partial charge in [-0.15, -0.1) is 0 Å². The number of carbonyl (C=O) groups is 2. The second-order valence-electron chi connectivity index (χ2n) is 4.27. The van der Waals surface area contributed by atoms with Crippen LogP contribution in [0.4, 0.5) is 0 Å². The van der Waals surface area contributed by atoms with Crippen LogP contribution >= 0.6 is 0 Å². The molecule has 1 rings (SSSR count). The number of likely N-dealkylation sites (N-methyl/N-ethyl adjacent to an activating group) is 1. The van der Waals surface area contributed by atoms with E-state index in [1.54, 1.807) is 19.1 Å². The van der Waals surface area contributed by atoms with Crippen molar-refractivity contribution in [2.24, 2.45) is 0 Å². The minimum absolute atomic E-state index is 0.0394. The molecule has 0 saturated heterocycles. The summed E-state index contributed by atoms with van der Waals surface area (Å²) < 4.78 is 5.24. The SMILES string of the molecule is COc1ccccc1CCN(C)C(=O)CCC(=O)O. The normalized spacial score (nSPS) is 10.0. The van der Waals surface area contributed by atoms with E-state index in [1.165, 1.54) is 0 Å². The average molecular weight is 265 g/mol. The first kappa shape index (κ1) is 15.0. The standard InChI is InChI=1S/C14H19NO4/c1-15(13(16)7-8-14(17)18)10-9-11-5-3-4-6-12(11)19-2/h3-6H,7-10H2,1-2H3,(H,17,18). The van der Waals surface area contributed by atoms with Gasteiger partial charge in [-0.3, -0.25) is 9.59 Å². The van der Waals surface area contributed by atoms with Gasteiger partial charge in [0, 0.05) is 20.0 Å². The van der Waals surface area contributed by atoms with Crippen molar-refractivity contribution in [2.45, 2.75) is 19.3 Å². The molecule has 1 amide bonds. The van der Waals surface area contributed by atoms with E-state index in [9.17, 15) is 9.59 Å². The lowest BCUT2D eigenvalue weighted by molar-refractivity contribution is -0.140. The molecule has 0 aliphatic heterocycles. The molecular weight excluding hydrogens is 246 g/mol. The average Bonchev–Trinajstić information content (AvgIpc) is 2.42. The van der Waals surface area contributed by atoms with Crippen LogP contribution < -0.4 is 4.74 Å². The quantitative estimate of drug-likeness (QED) is 0.812. The van der Waals surface area contributed by atoms with E-state index >= 15 is 0 Å². The molecule has 5 nitrogen and oxygen atoms in total. The Hall–Kier alpha value is -2.04. The maximum absolute atomic E-state index is 11.7. The van der Waals surface area contributed by atoms with Gasteiger partial charge in [-0.2, -0.15) is 0 Å². The molecule has 0 spiro atoms. The fraction of sp³-hybridized carbons (Fsp3) is 0.429. The first-order valence-corrected chi connectivity index (χ1v) is 6.12. The van der Waals surface area contributed by atoms with Crippen LogP contribution in [-0.2, 0) is 16.0 Å². The predicted molar refractivity (Wildman–Crippen MR) is 71.2 cm³/mol. The number of amides is 1. The van der Waals surface area contributed by atoms with Gasteiger partial charge in [0.05, 0.1) is 13.5 Å². The molecule has 19 heavy (non-hydrogen) atoms. The lowest BCUT2D eigenvalue weighted by atomic mass is 10.1. The molecule has 1 aromatic rings. The van der Waals surface area contributed by atoms with E-state index < -0.39 is 5.97 Å². The first-order chi connectivity index (χ1) is 9.04. The number of hydrogen-bond donors (Lipinski definition) is 1. The third-order valence-electron chi connectivity index (χ3n) is 2.89. The van der Waals surface area contributed by atoms with Gasteiger partial charge >= 0.3 is 5.97 Å². The molecule has 0 bridgehead atoms. The minimum Gasteiger partial charge on any atom is -0.496 e. The highest BCUT2D eigenvalue weighted by Gasteiger charge is 2.11. The highest BCUT2D eigenvalue weighted by atomic mass is 16.5. The molecular formula is C14H19NO4. The van der Waals surface area contributed by atoms with Gasteiger partial charge in [-0.05, 0) is 18.1 Å². The summed E-state index contributed by atoms with van der Waals surface area (Å²) >= 11 is 0. The fourth-order valence-electron chi connectivity index (χ4n) is 1.73. The minimum atomic E-state index is -0.952. The molecule has 1 aromatic carbocycles. The Morgan fingerprint density at radius 1 is 1.26 bits per heavy atom. The predicted octanol–water partition coefficient (Wildman–Crippen LogP) is 1.56. The zero-order valence-electron chi connectivity index (χ0n) is 11.3. The molecule has 104 valence electrons. The van der Waals surface area contributed by atoms with E-state index in [0.717, 1.165) is 11.3 Å². The summed E-state index contributed by atoms with van der Waals surface area (Å²) in [5.41, 5.74) is 1.03. The molecule has 0 unspecified atom stereocenters. The molecule has 0 aliphatic rings. The lowest BCUT2D eigenvalue weighted by Crippen LogP contribution is -2.29. The Bertz CT molecular complexity index is 445. The van der Waals surface area contributed by atoms with Crippen molar-refractivity contribution in [1.82, 2.24) is 4.90 Å². The Labute approximate surface area is 112 Å². The Kier molecular flexibility index (Phi) is 5.85. The topological polar surface area (TPSA) is 66.8 Å². The summed E-state index contributed by atoms with van der Waals surface area (Å²) in [6.07, 6.45) is 0.592. The van der Waals surface area contributed by atoms with Crippen molar-refractivity contribution in [1.29, 1.82) is 0 Å². The second kappa shape index (κ2) is 7.41. The van der Waals surface area contributed by atoms with Crippen molar-refractivity contribution in [2.75, 3.05) is 20.7 Å². The number of carboxylic acids is 1. The van der Waals surface area contributed by atoms with Crippen molar-refractivity contribution in [3.05, 3.63) is 29.8 Å². The lowest BCUT2D eigenvalue weighted by Gasteiger charge is -2.17. The van der Waals surface area contributed by atoms with Crippen LogP contribution in [0.1, 0.15) is 18.4 Å². The Morgan fingerprint density at radius 3 is 2.58 bits per heavy atom. The number of nitrogens with zero attached hydrogens (tertiary/aromatic N) is 1. The number of rotatable bonds is 7. The van der Waals surface area contributed by atoms with Crippen LogP contribution in [0.15, 0.2) is 24.3 Å². The van der Waals surface area contributed by atoms with Gasteiger partial charge in [0.1, 0.15) is 5.75 Å². The molecule has 0 heterocycles.